The Labute approximate surface area is 72.4 Å². The molecule has 11 heavy (non-hydrogen) atoms. The molecule has 0 rings (SSSR count). The highest BCUT2D eigenvalue weighted by atomic mass is 32.1. The van der Waals surface area contributed by atoms with Gasteiger partial charge in [0.2, 0.25) is 0 Å². The van der Waals surface area contributed by atoms with E-state index in [0.29, 0.717) is 5.11 Å². The topological polar surface area (TPSA) is 59.3 Å². The van der Waals surface area contributed by atoms with Gasteiger partial charge < -0.3 is 15.5 Å². The van der Waals surface area contributed by atoms with E-state index >= 15 is 0 Å². The molecule has 0 aromatic rings. The maximum Gasteiger partial charge on any atom is 0.180 e. The van der Waals surface area contributed by atoms with Gasteiger partial charge in [-0.2, -0.15) is 0 Å². The smallest absolute Gasteiger partial charge is 0.180 e. The molecule has 0 radical (unpaired) electrons. The molecule has 0 aliphatic rings. The molecule has 0 atom stereocenters. The number of hydrogen-bond acceptors (Lipinski definition) is 3. The van der Waals surface area contributed by atoms with Gasteiger partial charge in [0, 0.05) is 20.3 Å². The molecule has 0 unspecified atom stereocenters. The minimum atomic E-state index is 0.488. The van der Waals surface area contributed by atoms with Crippen LogP contribution in [0.25, 0.3) is 0 Å². The molecule has 0 saturated heterocycles. The van der Waals surface area contributed by atoms with Gasteiger partial charge in [-0.25, -0.2) is 5.84 Å². The SMILES string of the molecule is COCCCCNC(=S)NN. The van der Waals surface area contributed by atoms with Crippen molar-refractivity contribution < 1.29 is 4.74 Å². The van der Waals surface area contributed by atoms with E-state index in [1.807, 2.05) is 0 Å². The van der Waals surface area contributed by atoms with Crippen LogP contribution < -0.4 is 16.6 Å². The maximum atomic E-state index is 5.03. The number of rotatable bonds is 5. The van der Waals surface area contributed by atoms with Crippen LogP contribution in [0.5, 0.6) is 0 Å². The van der Waals surface area contributed by atoms with E-state index in [0.717, 1.165) is 26.0 Å². The predicted octanol–water partition coefficient (Wildman–Crippen LogP) is -0.249. The van der Waals surface area contributed by atoms with Crippen LogP contribution >= 0.6 is 12.2 Å². The van der Waals surface area contributed by atoms with Crippen molar-refractivity contribution >= 4 is 17.3 Å². The fraction of sp³-hybridized carbons (Fsp3) is 0.833. The van der Waals surface area contributed by atoms with Crippen molar-refractivity contribution in [1.29, 1.82) is 0 Å². The lowest BCUT2D eigenvalue weighted by Gasteiger charge is -2.05. The van der Waals surface area contributed by atoms with Crippen molar-refractivity contribution in [3.63, 3.8) is 0 Å². The molecule has 66 valence electrons. The third-order valence-corrected chi connectivity index (χ3v) is 1.45. The van der Waals surface area contributed by atoms with Gasteiger partial charge in [-0.05, 0) is 25.1 Å². The minimum Gasteiger partial charge on any atom is -0.385 e. The van der Waals surface area contributed by atoms with Crippen LogP contribution in [-0.4, -0.2) is 25.4 Å². The number of unbranched alkanes of at least 4 members (excludes halogenated alkanes) is 1. The molecule has 5 heteroatoms. The standard InChI is InChI=1S/C6H15N3OS/c1-10-5-3-2-4-8-6(11)9-7/h2-5,7H2,1H3,(H2,8,9,11). The van der Waals surface area contributed by atoms with Gasteiger partial charge in [0.1, 0.15) is 0 Å². The van der Waals surface area contributed by atoms with Crippen LogP contribution in [0.1, 0.15) is 12.8 Å². The van der Waals surface area contributed by atoms with Crippen molar-refractivity contribution in [1.82, 2.24) is 10.7 Å². The molecular weight excluding hydrogens is 162 g/mol. The van der Waals surface area contributed by atoms with Gasteiger partial charge in [-0.1, -0.05) is 0 Å². The second kappa shape index (κ2) is 7.71. The summed E-state index contributed by atoms with van der Waals surface area (Å²) in [7, 11) is 1.69. The lowest BCUT2D eigenvalue weighted by molar-refractivity contribution is 0.193. The van der Waals surface area contributed by atoms with Crippen LogP contribution in [0.15, 0.2) is 0 Å². The molecule has 0 bridgehead atoms. The van der Waals surface area contributed by atoms with Gasteiger partial charge in [-0.3, -0.25) is 0 Å². The summed E-state index contributed by atoms with van der Waals surface area (Å²) in [4.78, 5) is 0. The van der Waals surface area contributed by atoms with Crippen molar-refractivity contribution in [3.8, 4) is 0 Å². The molecule has 0 aromatic heterocycles. The summed E-state index contributed by atoms with van der Waals surface area (Å²) in [5, 5.41) is 3.42. The third kappa shape index (κ3) is 7.51. The van der Waals surface area contributed by atoms with Crippen molar-refractivity contribution in [3.05, 3.63) is 0 Å². The first-order chi connectivity index (χ1) is 5.31. The fourth-order valence-electron chi connectivity index (χ4n) is 0.624. The molecule has 4 N–H and O–H groups in total. The van der Waals surface area contributed by atoms with Gasteiger partial charge in [0.15, 0.2) is 5.11 Å². The Balaban J connectivity index is 2.95. The van der Waals surface area contributed by atoms with E-state index in [1.54, 1.807) is 7.11 Å². The highest BCUT2D eigenvalue weighted by Gasteiger charge is 1.90. The van der Waals surface area contributed by atoms with E-state index in [4.69, 9.17) is 22.8 Å². The van der Waals surface area contributed by atoms with E-state index < -0.39 is 0 Å². The van der Waals surface area contributed by atoms with Crippen LogP contribution in [0.4, 0.5) is 0 Å². The van der Waals surface area contributed by atoms with Crippen LogP contribution in [0, 0.1) is 0 Å². The van der Waals surface area contributed by atoms with Crippen LogP contribution in [0.2, 0.25) is 0 Å². The normalized spacial score (nSPS) is 9.27. The minimum absolute atomic E-state index is 0.488. The highest BCUT2D eigenvalue weighted by molar-refractivity contribution is 7.80. The number of ether oxygens (including phenoxy) is 1. The number of hydrogen-bond donors (Lipinski definition) is 3. The second-order valence-corrected chi connectivity index (χ2v) is 2.51. The summed E-state index contributed by atoms with van der Waals surface area (Å²) in [6.45, 7) is 1.64. The number of hydrazine groups is 1. The largest absolute Gasteiger partial charge is 0.385 e. The van der Waals surface area contributed by atoms with Gasteiger partial charge >= 0.3 is 0 Å². The molecule has 0 fully saturated rings. The molecule has 4 nitrogen and oxygen atoms in total. The zero-order valence-electron chi connectivity index (χ0n) is 6.72. The Morgan fingerprint density at radius 1 is 1.55 bits per heavy atom. The number of thiocarbonyl (C=S) groups is 1. The molecule has 0 heterocycles. The lowest BCUT2D eigenvalue weighted by atomic mass is 10.3. The number of nitrogens with one attached hydrogen (secondary N) is 2. The molecule has 0 aromatic carbocycles. The van der Waals surface area contributed by atoms with Crippen molar-refractivity contribution in [2.75, 3.05) is 20.3 Å². The van der Waals surface area contributed by atoms with Crippen molar-refractivity contribution in [2.45, 2.75) is 12.8 Å². The molecule has 0 aliphatic carbocycles. The van der Waals surface area contributed by atoms with E-state index in [9.17, 15) is 0 Å². The fourth-order valence-corrected chi connectivity index (χ4v) is 0.726. The molecule has 0 amide bonds. The Bertz CT molecular complexity index is 110. The molecule has 0 saturated carbocycles. The Kier molecular flexibility index (Phi) is 7.44. The van der Waals surface area contributed by atoms with Gasteiger partial charge in [0.25, 0.3) is 0 Å². The van der Waals surface area contributed by atoms with Crippen LogP contribution in [0.3, 0.4) is 0 Å². The summed E-state index contributed by atoms with van der Waals surface area (Å²) in [6.07, 6.45) is 2.08. The Morgan fingerprint density at radius 3 is 2.82 bits per heavy atom. The third-order valence-electron chi connectivity index (χ3n) is 1.19. The molecule has 0 aliphatic heterocycles. The summed E-state index contributed by atoms with van der Waals surface area (Å²) in [5.74, 6) is 5.03. The molecule has 0 spiro atoms. The van der Waals surface area contributed by atoms with Gasteiger partial charge in [0.05, 0.1) is 0 Å². The lowest BCUT2D eigenvalue weighted by Crippen LogP contribution is -2.39. The molecular formula is C6H15N3OS. The quantitative estimate of drug-likeness (QED) is 0.234. The summed E-state index contributed by atoms with van der Waals surface area (Å²) < 4.78 is 4.87. The first-order valence-electron chi connectivity index (χ1n) is 3.54. The Morgan fingerprint density at radius 2 is 2.27 bits per heavy atom. The summed E-state index contributed by atoms with van der Waals surface area (Å²) in [5.41, 5.74) is 2.34. The summed E-state index contributed by atoms with van der Waals surface area (Å²) in [6, 6.07) is 0. The Hall–Kier alpha value is -0.390. The van der Waals surface area contributed by atoms with Crippen LogP contribution in [-0.2, 0) is 4.74 Å². The van der Waals surface area contributed by atoms with Gasteiger partial charge in [-0.15, -0.1) is 0 Å². The monoisotopic (exact) mass is 177 g/mol. The second-order valence-electron chi connectivity index (χ2n) is 2.10. The average molecular weight is 177 g/mol. The van der Waals surface area contributed by atoms with Crippen molar-refractivity contribution in [2.24, 2.45) is 5.84 Å². The maximum absolute atomic E-state index is 5.03. The van der Waals surface area contributed by atoms with E-state index in [1.165, 1.54) is 0 Å². The number of methoxy groups -OCH3 is 1. The first kappa shape index (κ1) is 10.6. The van der Waals surface area contributed by atoms with E-state index in [2.05, 4.69) is 10.7 Å². The highest BCUT2D eigenvalue weighted by Crippen LogP contribution is 1.85. The van der Waals surface area contributed by atoms with E-state index in [-0.39, 0.29) is 0 Å². The predicted molar refractivity (Wildman–Crippen MR) is 49.0 cm³/mol. The first-order valence-corrected chi connectivity index (χ1v) is 3.95. The summed E-state index contributed by atoms with van der Waals surface area (Å²) >= 11 is 4.75. The zero-order chi connectivity index (χ0) is 8.53. The average Bonchev–Trinajstić information content (AvgIpc) is 2.04. The zero-order valence-corrected chi connectivity index (χ0v) is 7.54. The number of nitrogens with two attached hydrogens (primary N) is 1.